The first-order valence-electron chi connectivity index (χ1n) is 5.82. The minimum atomic E-state index is -0.0355. The van der Waals surface area contributed by atoms with Gasteiger partial charge in [0.15, 0.2) is 0 Å². The van der Waals surface area contributed by atoms with E-state index in [0.29, 0.717) is 0 Å². The lowest BCUT2D eigenvalue weighted by molar-refractivity contribution is 0.107. The predicted molar refractivity (Wildman–Crippen MR) is 56.9 cm³/mol. The third-order valence-electron chi connectivity index (χ3n) is 3.17. The Morgan fingerprint density at radius 2 is 2.00 bits per heavy atom. The second-order valence-corrected chi connectivity index (χ2v) is 4.32. The molecule has 1 aliphatic rings. The molecule has 0 aliphatic heterocycles. The van der Waals surface area contributed by atoms with Gasteiger partial charge in [0.2, 0.25) is 0 Å². The van der Waals surface area contributed by atoms with Crippen LogP contribution in [0.3, 0.4) is 0 Å². The average Bonchev–Trinajstić information content (AvgIpc) is 2.67. The number of nitriles is 1. The van der Waals surface area contributed by atoms with Gasteiger partial charge >= 0.3 is 0 Å². The molecule has 14 heavy (non-hydrogen) atoms. The molecule has 0 heterocycles. The van der Waals surface area contributed by atoms with Crippen molar-refractivity contribution in [1.29, 1.82) is 5.26 Å². The third-order valence-corrected chi connectivity index (χ3v) is 3.17. The summed E-state index contributed by atoms with van der Waals surface area (Å²) >= 11 is 0. The van der Waals surface area contributed by atoms with Gasteiger partial charge in [-0.25, -0.2) is 0 Å². The summed E-state index contributed by atoms with van der Waals surface area (Å²) in [6.45, 7) is 3.79. The van der Waals surface area contributed by atoms with Crippen molar-refractivity contribution in [2.45, 2.75) is 51.9 Å². The monoisotopic (exact) mass is 195 g/mol. The molecule has 0 N–H and O–H groups in total. The van der Waals surface area contributed by atoms with Gasteiger partial charge in [0.25, 0.3) is 0 Å². The van der Waals surface area contributed by atoms with E-state index in [-0.39, 0.29) is 5.41 Å². The third kappa shape index (κ3) is 3.31. The van der Waals surface area contributed by atoms with Crippen molar-refractivity contribution in [3.05, 3.63) is 0 Å². The van der Waals surface area contributed by atoms with Crippen LogP contribution in [0.4, 0.5) is 0 Å². The summed E-state index contributed by atoms with van der Waals surface area (Å²) in [6, 6.07) is 2.49. The zero-order valence-corrected chi connectivity index (χ0v) is 9.22. The highest BCUT2D eigenvalue weighted by atomic mass is 16.5. The van der Waals surface area contributed by atoms with Gasteiger partial charge in [-0.05, 0) is 25.7 Å². The normalized spacial score (nSPS) is 19.4. The maximum absolute atomic E-state index is 9.11. The van der Waals surface area contributed by atoms with Gasteiger partial charge in [-0.15, -0.1) is 0 Å². The van der Waals surface area contributed by atoms with Crippen molar-refractivity contribution in [2.75, 3.05) is 13.2 Å². The maximum Gasteiger partial charge on any atom is 0.0690 e. The molecule has 2 nitrogen and oxygen atoms in total. The molecule has 1 saturated carbocycles. The van der Waals surface area contributed by atoms with Crippen LogP contribution in [0.1, 0.15) is 51.9 Å². The number of nitrogens with zero attached hydrogens (tertiary/aromatic N) is 1. The molecular formula is C12H21NO. The van der Waals surface area contributed by atoms with Crippen LogP contribution in [0.15, 0.2) is 0 Å². The molecule has 0 aromatic carbocycles. The summed E-state index contributed by atoms with van der Waals surface area (Å²) in [7, 11) is 0. The Balaban J connectivity index is 2.13. The molecule has 80 valence electrons. The van der Waals surface area contributed by atoms with E-state index in [2.05, 4.69) is 13.0 Å². The fourth-order valence-corrected chi connectivity index (χ4v) is 2.09. The molecule has 0 spiro atoms. The van der Waals surface area contributed by atoms with Gasteiger partial charge in [0.05, 0.1) is 11.5 Å². The van der Waals surface area contributed by atoms with Crippen molar-refractivity contribution in [3.8, 4) is 6.07 Å². The standard InChI is InChI=1S/C12H21NO/c1-2-3-9-14-10-8-12(11-13)6-4-5-7-12/h2-10H2,1H3. The van der Waals surface area contributed by atoms with E-state index in [9.17, 15) is 0 Å². The van der Waals surface area contributed by atoms with Crippen molar-refractivity contribution in [2.24, 2.45) is 5.41 Å². The first kappa shape index (κ1) is 11.5. The Morgan fingerprint density at radius 3 is 2.57 bits per heavy atom. The summed E-state index contributed by atoms with van der Waals surface area (Å²) in [5.74, 6) is 0. The first-order valence-corrected chi connectivity index (χ1v) is 5.82. The highest BCUT2D eigenvalue weighted by Gasteiger charge is 2.33. The summed E-state index contributed by atoms with van der Waals surface area (Å²) in [6.07, 6.45) is 7.88. The Morgan fingerprint density at radius 1 is 1.29 bits per heavy atom. The Labute approximate surface area is 87.3 Å². The molecule has 2 heteroatoms. The highest BCUT2D eigenvalue weighted by Crippen LogP contribution is 2.40. The van der Waals surface area contributed by atoms with E-state index in [1.54, 1.807) is 0 Å². The molecule has 0 amide bonds. The summed E-state index contributed by atoms with van der Waals surface area (Å²) in [5.41, 5.74) is -0.0355. The van der Waals surface area contributed by atoms with Crippen molar-refractivity contribution < 1.29 is 4.74 Å². The largest absolute Gasteiger partial charge is 0.381 e. The zero-order valence-electron chi connectivity index (χ0n) is 9.22. The minimum absolute atomic E-state index is 0.0355. The second-order valence-electron chi connectivity index (χ2n) is 4.32. The van der Waals surface area contributed by atoms with E-state index in [0.717, 1.165) is 38.9 Å². The van der Waals surface area contributed by atoms with Crippen LogP contribution < -0.4 is 0 Å². The van der Waals surface area contributed by atoms with Crippen LogP contribution in [0, 0.1) is 16.7 Å². The number of ether oxygens (including phenoxy) is 1. The van der Waals surface area contributed by atoms with Gasteiger partial charge < -0.3 is 4.74 Å². The predicted octanol–water partition coefficient (Wildman–Crippen LogP) is 3.28. The van der Waals surface area contributed by atoms with E-state index >= 15 is 0 Å². The summed E-state index contributed by atoms with van der Waals surface area (Å²) in [5, 5.41) is 9.11. The van der Waals surface area contributed by atoms with Gasteiger partial charge in [0.1, 0.15) is 0 Å². The quantitative estimate of drug-likeness (QED) is 0.609. The topological polar surface area (TPSA) is 33.0 Å². The molecule has 1 rings (SSSR count). The Bertz CT molecular complexity index is 189. The zero-order chi connectivity index (χ0) is 10.3. The van der Waals surface area contributed by atoms with Crippen LogP contribution in [-0.2, 0) is 4.74 Å². The van der Waals surface area contributed by atoms with Crippen LogP contribution in [-0.4, -0.2) is 13.2 Å². The van der Waals surface area contributed by atoms with Crippen molar-refractivity contribution in [3.63, 3.8) is 0 Å². The molecule has 0 unspecified atom stereocenters. The van der Waals surface area contributed by atoms with Gasteiger partial charge in [-0.1, -0.05) is 26.2 Å². The highest BCUT2D eigenvalue weighted by molar-refractivity contribution is 5.01. The van der Waals surface area contributed by atoms with Crippen molar-refractivity contribution in [1.82, 2.24) is 0 Å². The Kier molecular flexibility index (Phi) is 4.97. The van der Waals surface area contributed by atoms with Crippen LogP contribution >= 0.6 is 0 Å². The number of rotatable bonds is 6. The molecular weight excluding hydrogens is 174 g/mol. The SMILES string of the molecule is CCCCOCCC1(C#N)CCCC1. The maximum atomic E-state index is 9.11. The lowest BCUT2D eigenvalue weighted by Gasteiger charge is -2.19. The van der Waals surface area contributed by atoms with E-state index in [1.807, 2.05) is 0 Å². The lowest BCUT2D eigenvalue weighted by Crippen LogP contribution is -2.16. The van der Waals surface area contributed by atoms with Gasteiger partial charge in [0, 0.05) is 13.2 Å². The summed E-state index contributed by atoms with van der Waals surface area (Å²) < 4.78 is 5.51. The average molecular weight is 195 g/mol. The number of unbranched alkanes of at least 4 members (excludes halogenated alkanes) is 1. The number of hydrogen-bond acceptors (Lipinski definition) is 2. The molecule has 0 radical (unpaired) electrons. The fourth-order valence-electron chi connectivity index (χ4n) is 2.09. The van der Waals surface area contributed by atoms with Gasteiger partial charge in [-0.2, -0.15) is 5.26 Å². The molecule has 0 aromatic rings. The van der Waals surface area contributed by atoms with Crippen LogP contribution in [0.25, 0.3) is 0 Å². The smallest absolute Gasteiger partial charge is 0.0690 e. The number of hydrogen-bond donors (Lipinski definition) is 0. The molecule has 0 aromatic heterocycles. The van der Waals surface area contributed by atoms with Crippen LogP contribution in [0.5, 0.6) is 0 Å². The summed E-state index contributed by atoms with van der Waals surface area (Å²) in [4.78, 5) is 0. The molecule has 0 atom stereocenters. The molecule has 1 fully saturated rings. The van der Waals surface area contributed by atoms with Crippen LogP contribution in [0.2, 0.25) is 0 Å². The molecule has 0 saturated heterocycles. The Hall–Kier alpha value is -0.550. The van der Waals surface area contributed by atoms with Crippen molar-refractivity contribution >= 4 is 0 Å². The van der Waals surface area contributed by atoms with E-state index < -0.39 is 0 Å². The molecule has 0 bridgehead atoms. The van der Waals surface area contributed by atoms with Gasteiger partial charge in [-0.3, -0.25) is 0 Å². The second kappa shape index (κ2) is 6.03. The fraction of sp³-hybridized carbons (Fsp3) is 0.917. The lowest BCUT2D eigenvalue weighted by atomic mass is 9.85. The van der Waals surface area contributed by atoms with E-state index in [1.165, 1.54) is 19.3 Å². The minimum Gasteiger partial charge on any atom is -0.381 e. The first-order chi connectivity index (χ1) is 6.83. The van der Waals surface area contributed by atoms with E-state index in [4.69, 9.17) is 10.00 Å². The molecule has 1 aliphatic carbocycles.